The summed E-state index contributed by atoms with van der Waals surface area (Å²) in [5.41, 5.74) is 0. The molecule has 1 rings (SSSR count). The van der Waals surface area contributed by atoms with E-state index in [1.54, 1.807) is 0 Å². The van der Waals surface area contributed by atoms with Gasteiger partial charge in [-0.2, -0.15) is 0 Å². The molecular weight excluding hydrogens is 198 g/mol. The highest BCUT2D eigenvalue weighted by Crippen LogP contribution is 2.24. The van der Waals surface area contributed by atoms with Gasteiger partial charge in [0.15, 0.2) is 0 Å². The molecule has 16 heavy (non-hydrogen) atoms. The second-order valence-corrected chi connectivity index (χ2v) is 5.91. The largest absolute Gasteiger partial charge is 0.393 e. The van der Waals surface area contributed by atoms with Crippen molar-refractivity contribution in [2.24, 2.45) is 11.8 Å². The molecule has 0 aromatic carbocycles. The predicted molar refractivity (Wildman–Crippen MR) is 69.5 cm³/mol. The van der Waals surface area contributed by atoms with Crippen LogP contribution in [0, 0.1) is 11.8 Å². The summed E-state index contributed by atoms with van der Waals surface area (Å²) in [5, 5.41) is 10.0. The molecule has 2 unspecified atom stereocenters. The quantitative estimate of drug-likeness (QED) is 0.730. The van der Waals surface area contributed by atoms with Gasteiger partial charge >= 0.3 is 0 Å². The first-order valence-electron chi connectivity index (χ1n) is 6.96. The molecule has 96 valence electrons. The van der Waals surface area contributed by atoms with Crippen molar-refractivity contribution >= 4 is 0 Å². The molecule has 0 aromatic heterocycles. The van der Waals surface area contributed by atoms with E-state index in [0.29, 0.717) is 5.92 Å². The average molecular weight is 227 g/mol. The van der Waals surface area contributed by atoms with Gasteiger partial charge in [0, 0.05) is 6.54 Å². The van der Waals surface area contributed by atoms with Crippen LogP contribution >= 0.6 is 0 Å². The summed E-state index contributed by atoms with van der Waals surface area (Å²) >= 11 is 0. The Kier molecular flexibility index (Phi) is 6.37. The number of aliphatic hydroxyl groups excluding tert-OH is 1. The van der Waals surface area contributed by atoms with E-state index in [9.17, 15) is 5.11 Å². The first-order chi connectivity index (χ1) is 7.59. The molecule has 1 saturated carbocycles. The summed E-state index contributed by atoms with van der Waals surface area (Å²) in [4.78, 5) is 2.40. The van der Waals surface area contributed by atoms with Crippen LogP contribution in [0.4, 0.5) is 0 Å². The molecule has 0 spiro atoms. The van der Waals surface area contributed by atoms with E-state index in [1.165, 1.54) is 38.6 Å². The van der Waals surface area contributed by atoms with Crippen LogP contribution in [-0.2, 0) is 0 Å². The number of nitrogens with zero attached hydrogens (tertiary/aromatic N) is 1. The van der Waals surface area contributed by atoms with Crippen LogP contribution in [0.1, 0.15) is 52.4 Å². The molecule has 1 fully saturated rings. The molecule has 0 radical (unpaired) electrons. The Labute approximate surface area is 101 Å². The molecule has 1 N–H and O–H groups in total. The summed E-state index contributed by atoms with van der Waals surface area (Å²) in [6.45, 7) is 6.79. The van der Waals surface area contributed by atoms with E-state index in [4.69, 9.17) is 0 Å². The third kappa shape index (κ3) is 5.31. The Morgan fingerprint density at radius 2 is 1.88 bits per heavy atom. The van der Waals surface area contributed by atoms with Gasteiger partial charge in [0.2, 0.25) is 0 Å². The average Bonchev–Trinajstić information content (AvgIpc) is 2.42. The van der Waals surface area contributed by atoms with Crippen LogP contribution in [-0.4, -0.2) is 36.2 Å². The number of aliphatic hydroxyl groups is 1. The van der Waals surface area contributed by atoms with E-state index in [1.807, 2.05) is 0 Å². The van der Waals surface area contributed by atoms with Gasteiger partial charge in [-0.1, -0.05) is 33.1 Å². The molecule has 0 bridgehead atoms. The molecule has 2 nitrogen and oxygen atoms in total. The molecular formula is C14H29NO. The Balaban J connectivity index is 2.27. The first kappa shape index (κ1) is 14.0. The van der Waals surface area contributed by atoms with Gasteiger partial charge in [-0.25, -0.2) is 0 Å². The zero-order valence-electron chi connectivity index (χ0n) is 11.3. The minimum absolute atomic E-state index is 0.0519. The SMILES string of the molecule is CC(C)CCN(C)CC1CCCCCC1O. The van der Waals surface area contributed by atoms with E-state index >= 15 is 0 Å². The van der Waals surface area contributed by atoms with Gasteiger partial charge < -0.3 is 10.0 Å². The van der Waals surface area contributed by atoms with Crippen LogP contribution in [0.5, 0.6) is 0 Å². The van der Waals surface area contributed by atoms with Crippen LogP contribution < -0.4 is 0 Å². The normalized spacial score (nSPS) is 27.4. The zero-order valence-corrected chi connectivity index (χ0v) is 11.3. The minimum Gasteiger partial charge on any atom is -0.393 e. The predicted octanol–water partition coefficient (Wildman–Crippen LogP) is 2.91. The highest BCUT2D eigenvalue weighted by Gasteiger charge is 2.22. The van der Waals surface area contributed by atoms with Gasteiger partial charge in [-0.05, 0) is 44.7 Å². The van der Waals surface area contributed by atoms with Gasteiger partial charge in [0.25, 0.3) is 0 Å². The lowest BCUT2D eigenvalue weighted by Crippen LogP contribution is -2.33. The molecule has 0 aromatic rings. The van der Waals surface area contributed by atoms with Gasteiger partial charge in [-0.15, -0.1) is 0 Å². The molecule has 2 heteroatoms. The zero-order chi connectivity index (χ0) is 12.0. The first-order valence-corrected chi connectivity index (χ1v) is 6.96. The summed E-state index contributed by atoms with van der Waals surface area (Å²) in [6, 6.07) is 0. The Morgan fingerprint density at radius 3 is 2.56 bits per heavy atom. The van der Waals surface area contributed by atoms with E-state index in [-0.39, 0.29) is 6.10 Å². The van der Waals surface area contributed by atoms with Crippen molar-refractivity contribution in [3.05, 3.63) is 0 Å². The monoisotopic (exact) mass is 227 g/mol. The fraction of sp³-hybridized carbons (Fsp3) is 1.00. The van der Waals surface area contributed by atoms with E-state index < -0.39 is 0 Å². The van der Waals surface area contributed by atoms with Crippen molar-refractivity contribution in [3.63, 3.8) is 0 Å². The molecule has 0 heterocycles. The Morgan fingerprint density at radius 1 is 1.19 bits per heavy atom. The third-order valence-electron chi connectivity index (χ3n) is 3.75. The van der Waals surface area contributed by atoms with E-state index in [2.05, 4.69) is 25.8 Å². The van der Waals surface area contributed by atoms with Crippen molar-refractivity contribution in [3.8, 4) is 0 Å². The van der Waals surface area contributed by atoms with Crippen LogP contribution in [0.25, 0.3) is 0 Å². The lowest BCUT2D eigenvalue weighted by atomic mass is 9.96. The topological polar surface area (TPSA) is 23.5 Å². The van der Waals surface area contributed by atoms with Crippen LogP contribution in [0.15, 0.2) is 0 Å². The number of hydrogen-bond donors (Lipinski definition) is 1. The molecule has 0 saturated heterocycles. The minimum atomic E-state index is -0.0519. The second kappa shape index (κ2) is 7.29. The Hall–Kier alpha value is -0.0800. The highest BCUT2D eigenvalue weighted by atomic mass is 16.3. The van der Waals surface area contributed by atoms with Gasteiger partial charge in [-0.3, -0.25) is 0 Å². The van der Waals surface area contributed by atoms with Crippen LogP contribution in [0.3, 0.4) is 0 Å². The molecule has 1 aliphatic carbocycles. The van der Waals surface area contributed by atoms with E-state index in [0.717, 1.165) is 18.9 Å². The fourth-order valence-corrected chi connectivity index (χ4v) is 2.55. The fourth-order valence-electron chi connectivity index (χ4n) is 2.55. The molecule has 1 aliphatic rings. The highest BCUT2D eigenvalue weighted by molar-refractivity contribution is 4.75. The maximum absolute atomic E-state index is 10.0. The molecule has 2 atom stereocenters. The summed E-state index contributed by atoms with van der Waals surface area (Å²) in [7, 11) is 2.19. The van der Waals surface area contributed by atoms with Crippen molar-refractivity contribution in [1.29, 1.82) is 0 Å². The van der Waals surface area contributed by atoms with Crippen molar-refractivity contribution in [2.45, 2.75) is 58.5 Å². The van der Waals surface area contributed by atoms with Crippen molar-refractivity contribution in [2.75, 3.05) is 20.1 Å². The maximum atomic E-state index is 10.0. The third-order valence-corrected chi connectivity index (χ3v) is 3.75. The molecule has 0 aliphatic heterocycles. The summed E-state index contributed by atoms with van der Waals surface area (Å²) in [5.74, 6) is 1.29. The van der Waals surface area contributed by atoms with Gasteiger partial charge in [0.1, 0.15) is 0 Å². The second-order valence-electron chi connectivity index (χ2n) is 5.91. The lowest BCUT2D eigenvalue weighted by Gasteiger charge is -2.26. The Bertz CT molecular complexity index is 182. The lowest BCUT2D eigenvalue weighted by molar-refractivity contribution is 0.0786. The summed E-state index contributed by atoms with van der Waals surface area (Å²) < 4.78 is 0. The van der Waals surface area contributed by atoms with Gasteiger partial charge in [0.05, 0.1) is 6.10 Å². The number of rotatable bonds is 5. The summed E-state index contributed by atoms with van der Waals surface area (Å²) in [6.07, 6.45) is 7.27. The standard InChI is InChI=1S/C14H29NO/c1-12(2)9-10-15(3)11-13-7-5-4-6-8-14(13)16/h12-14,16H,4-11H2,1-3H3. The smallest absolute Gasteiger partial charge is 0.0580 e. The van der Waals surface area contributed by atoms with Crippen molar-refractivity contribution < 1.29 is 5.11 Å². The maximum Gasteiger partial charge on any atom is 0.0580 e. The van der Waals surface area contributed by atoms with Crippen LogP contribution in [0.2, 0.25) is 0 Å². The van der Waals surface area contributed by atoms with Crippen molar-refractivity contribution in [1.82, 2.24) is 4.90 Å². The number of hydrogen-bond acceptors (Lipinski definition) is 2. The molecule has 0 amide bonds.